The van der Waals surface area contributed by atoms with Gasteiger partial charge in [-0.3, -0.25) is 9.79 Å². The van der Waals surface area contributed by atoms with Crippen LogP contribution in [0.2, 0.25) is 0 Å². The van der Waals surface area contributed by atoms with Crippen LogP contribution in [0.25, 0.3) is 0 Å². The zero-order valence-electron chi connectivity index (χ0n) is 11.9. The summed E-state index contributed by atoms with van der Waals surface area (Å²) in [4.78, 5) is 15.8. The number of hydrogen-bond acceptors (Lipinski definition) is 2. The Morgan fingerprint density at radius 3 is 2.58 bits per heavy atom. The summed E-state index contributed by atoms with van der Waals surface area (Å²) in [6, 6.07) is 0.393. The van der Waals surface area contributed by atoms with Gasteiger partial charge in [-0.25, -0.2) is 0 Å². The standard InChI is InChI=1S/C13H26N4O.HI/c1-10(2)9-16-13(14)15-8-7-12(18)17-11-5-3-4-6-11;/h10-11H,3-9H2,1-2H3,(H,17,18)(H3,14,15,16);1H. The van der Waals surface area contributed by atoms with Crippen molar-refractivity contribution in [3.05, 3.63) is 0 Å². The fourth-order valence-electron chi connectivity index (χ4n) is 2.01. The van der Waals surface area contributed by atoms with Crippen LogP contribution in [0.15, 0.2) is 4.99 Å². The molecule has 1 amide bonds. The van der Waals surface area contributed by atoms with Gasteiger partial charge in [-0.15, -0.1) is 24.0 Å². The molecule has 5 nitrogen and oxygen atoms in total. The van der Waals surface area contributed by atoms with Crippen LogP contribution >= 0.6 is 24.0 Å². The number of halogens is 1. The van der Waals surface area contributed by atoms with Crippen molar-refractivity contribution in [3.63, 3.8) is 0 Å². The zero-order chi connectivity index (χ0) is 13.4. The molecule has 0 atom stereocenters. The molecule has 0 aromatic carbocycles. The van der Waals surface area contributed by atoms with Crippen molar-refractivity contribution in [1.82, 2.24) is 10.6 Å². The molecule has 1 saturated carbocycles. The van der Waals surface area contributed by atoms with Crippen LogP contribution in [0.5, 0.6) is 0 Å². The second-order valence-electron chi connectivity index (χ2n) is 5.35. The first-order chi connectivity index (χ1) is 8.58. The summed E-state index contributed by atoms with van der Waals surface area (Å²) < 4.78 is 0. The summed E-state index contributed by atoms with van der Waals surface area (Å²) in [6.07, 6.45) is 5.17. The number of nitrogens with two attached hydrogens (primary N) is 1. The van der Waals surface area contributed by atoms with Gasteiger partial charge >= 0.3 is 0 Å². The maximum absolute atomic E-state index is 11.6. The maximum atomic E-state index is 11.6. The van der Waals surface area contributed by atoms with Crippen LogP contribution in [0.3, 0.4) is 0 Å². The lowest BCUT2D eigenvalue weighted by Crippen LogP contribution is -2.38. The quantitative estimate of drug-likeness (QED) is 0.371. The Labute approximate surface area is 133 Å². The number of carbonyl (C=O) groups excluding carboxylic acids is 1. The maximum Gasteiger partial charge on any atom is 0.221 e. The van der Waals surface area contributed by atoms with Gasteiger partial charge in [-0.1, -0.05) is 26.7 Å². The van der Waals surface area contributed by atoms with Gasteiger partial charge in [0, 0.05) is 25.6 Å². The first-order valence-electron chi connectivity index (χ1n) is 6.91. The van der Waals surface area contributed by atoms with Crippen LogP contribution in [0.1, 0.15) is 46.0 Å². The molecule has 0 radical (unpaired) electrons. The molecule has 0 saturated heterocycles. The number of rotatable bonds is 6. The van der Waals surface area contributed by atoms with Gasteiger partial charge in [0.15, 0.2) is 5.96 Å². The van der Waals surface area contributed by atoms with E-state index in [0.717, 1.165) is 12.8 Å². The molecule has 0 spiro atoms. The Kier molecular flexibility index (Phi) is 9.99. The molecule has 1 aliphatic rings. The number of carbonyl (C=O) groups is 1. The Balaban J connectivity index is 0.00000324. The van der Waals surface area contributed by atoms with E-state index in [1.54, 1.807) is 0 Å². The van der Waals surface area contributed by atoms with Crippen LogP contribution < -0.4 is 16.4 Å². The van der Waals surface area contributed by atoms with Crippen LogP contribution in [-0.2, 0) is 4.79 Å². The van der Waals surface area contributed by atoms with Crippen LogP contribution in [0.4, 0.5) is 0 Å². The largest absolute Gasteiger partial charge is 0.370 e. The van der Waals surface area contributed by atoms with Gasteiger partial charge < -0.3 is 16.4 Å². The fourth-order valence-corrected chi connectivity index (χ4v) is 2.01. The summed E-state index contributed by atoms with van der Waals surface area (Å²) in [7, 11) is 0. The Morgan fingerprint density at radius 2 is 2.00 bits per heavy atom. The monoisotopic (exact) mass is 382 g/mol. The van der Waals surface area contributed by atoms with E-state index in [0.29, 0.717) is 37.4 Å². The van der Waals surface area contributed by atoms with Crippen molar-refractivity contribution in [2.45, 2.75) is 52.0 Å². The van der Waals surface area contributed by atoms with Gasteiger partial charge in [-0.05, 0) is 18.8 Å². The molecule has 0 bridgehead atoms. The van der Waals surface area contributed by atoms with Gasteiger partial charge in [-0.2, -0.15) is 0 Å². The molecule has 1 rings (SSSR count). The third kappa shape index (κ3) is 9.07. The van der Waals surface area contributed by atoms with Crippen molar-refractivity contribution in [1.29, 1.82) is 0 Å². The molecule has 4 N–H and O–H groups in total. The van der Waals surface area contributed by atoms with Gasteiger partial charge in [0.05, 0.1) is 0 Å². The van der Waals surface area contributed by atoms with Crippen molar-refractivity contribution in [3.8, 4) is 0 Å². The second kappa shape index (κ2) is 10.3. The Hall–Kier alpha value is -0.530. The minimum atomic E-state index is 0. The average Bonchev–Trinajstić information content (AvgIpc) is 2.79. The highest BCUT2D eigenvalue weighted by Gasteiger charge is 2.16. The molecule has 0 aromatic rings. The van der Waals surface area contributed by atoms with E-state index in [9.17, 15) is 4.79 Å². The van der Waals surface area contributed by atoms with E-state index in [-0.39, 0.29) is 29.9 Å². The van der Waals surface area contributed by atoms with E-state index >= 15 is 0 Å². The van der Waals surface area contributed by atoms with E-state index in [1.807, 2.05) is 0 Å². The molecule has 112 valence electrons. The van der Waals surface area contributed by atoms with Crippen molar-refractivity contribution < 1.29 is 4.79 Å². The normalized spacial score (nSPS) is 16.3. The third-order valence-corrected chi connectivity index (χ3v) is 3.01. The number of amides is 1. The highest BCUT2D eigenvalue weighted by Crippen LogP contribution is 2.17. The number of aliphatic imine (C=N–C) groups is 1. The van der Waals surface area contributed by atoms with Crippen molar-refractivity contribution in [2.24, 2.45) is 16.6 Å². The molecule has 0 aliphatic heterocycles. The molecule has 1 fully saturated rings. The number of nitrogens with zero attached hydrogens (tertiary/aromatic N) is 1. The third-order valence-electron chi connectivity index (χ3n) is 3.01. The molecule has 0 heterocycles. The topological polar surface area (TPSA) is 79.5 Å². The predicted molar refractivity (Wildman–Crippen MR) is 89.8 cm³/mol. The van der Waals surface area contributed by atoms with Crippen molar-refractivity contribution in [2.75, 3.05) is 13.1 Å². The molecule has 0 aromatic heterocycles. The van der Waals surface area contributed by atoms with Crippen molar-refractivity contribution >= 4 is 35.8 Å². The van der Waals surface area contributed by atoms with Gasteiger partial charge in [0.25, 0.3) is 0 Å². The molecular formula is C13H27IN4O. The van der Waals surface area contributed by atoms with E-state index in [1.165, 1.54) is 12.8 Å². The van der Waals surface area contributed by atoms with Crippen LogP contribution in [0, 0.1) is 5.92 Å². The second-order valence-corrected chi connectivity index (χ2v) is 5.35. The summed E-state index contributed by atoms with van der Waals surface area (Å²) in [6.45, 7) is 5.44. The number of nitrogens with one attached hydrogen (secondary N) is 2. The average molecular weight is 382 g/mol. The summed E-state index contributed by atoms with van der Waals surface area (Å²) in [5, 5.41) is 6.00. The number of guanidine groups is 1. The molecule has 1 aliphatic carbocycles. The molecule has 19 heavy (non-hydrogen) atoms. The fraction of sp³-hybridized carbons (Fsp3) is 0.846. The lowest BCUT2D eigenvalue weighted by Gasteiger charge is -2.12. The lowest BCUT2D eigenvalue weighted by atomic mass is 10.2. The minimum Gasteiger partial charge on any atom is -0.370 e. The van der Waals surface area contributed by atoms with Gasteiger partial charge in [0.1, 0.15) is 0 Å². The summed E-state index contributed by atoms with van der Waals surface area (Å²) >= 11 is 0. The first kappa shape index (κ1) is 18.5. The summed E-state index contributed by atoms with van der Waals surface area (Å²) in [5.41, 5.74) is 5.68. The highest BCUT2D eigenvalue weighted by molar-refractivity contribution is 14.0. The SMILES string of the molecule is CC(C)CN=C(N)NCCC(=O)NC1CCCC1.I. The van der Waals surface area contributed by atoms with E-state index < -0.39 is 0 Å². The first-order valence-corrected chi connectivity index (χ1v) is 6.91. The van der Waals surface area contributed by atoms with E-state index in [2.05, 4.69) is 29.5 Å². The predicted octanol–water partition coefficient (Wildman–Crippen LogP) is 1.61. The molecule has 0 unspecified atom stereocenters. The summed E-state index contributed by atoms with van der Waals surface area (Å²) in [5.74, 6) is 1.03. The lowest BCUT2D eigenvalue weighted by molar-refractivity contribution is -0.121. The minimum absolute atomic E-state index is 0. The van der Waals surface area contributed by atoms with Crippen LogP contribution in [-0.4, -0.2) is 31.0 Å². The van der Waals surface area contributed by atoms with E-state index in [4.69, 9.17) is 5.73 Å². The Morgan fingerprint density at radius 1 is 1.37 bits per heavy atom. The van der Waals surface area contributed by atoms with Gasteiger partial charge in [0.2, 0.25) is 5.91 Å². The smallest absolute Gasteiger partial charge is 0.221 e. The molecular weight excluding hydrogens is 355 g/mol. The number of hydrogen-bond donors (Lipinski definition) is 3. The Bertz CT molecular complexity index is 288. The molecule has 6 heteroatoms. The highest BCUT2D eigenvalue weighted by atomic mass is 127. The zero-order valence-corrected chi connectivity index (χ0v) is 14.3.